The molecule has 0 bridgehead atoms. The van der Waals surface area contributed by atoms with Crippen molar-refractivity contribution in [3.05, 3.63) is 53.2 Å². The average molecular weight is 335 g/mol. The van der Waals surface area contributed by atoms with Gasteiger partial charge in [-0.15, -0.1) is 10.2 Å². The normalized spacial score (nSPS) is 11.0. The number of rotatable bonds is 5. The smallest absolute Gasteiger partial charge is 0.146 e. The lowest BCUT2D eigenvalue weighted by molar-refractivity contribution is 0.306. The third-order valence-electron chi connectivity index (χ3n) is 4.23. The molecule has 128 valence electrons. The number of benzene rings is 1. The summed E-state index contributed by atoms with van der Waals surface area (Å²) in [6, 6.07) is 9.66. The first-order chi connectivity index (χ1) is 12.0. The fourth-order valence-corrected chi connectivity index (χ4v) is 2.78. The molecule has 2 aromatic heterocycles. The lowest BCUT2D eigenvalue weighted by Crippen LogP contribution is -2.20. The van der Waals surface area contributed by atoms with Crippen molar-refractivity contribution < 1.29 is 0 Å². The molecule has 7 heteroatoms. The zero-order valence-corrected chi connectivity index (χ0v) is 14.9. The molecule has 0 saturated carbocycles. The highest BCUT2D eigenvalue weighted by Gasteiger charge is 2.14. The van der Waals surface area contributed by atoms with Crippen molar-refractivity contribution in [1.82, 2.24) is 29.4 Å². The Morgan fingerprint density at radius 1 is 1.12 bits per heavy atom. The largest absolute Gasteiger partial charge is 0.317 e. The zero-order valence-electron chi connectivity index (χ0n) is 14.9. The highest BCUT2D eigenvalue weighted by molar-refractivity contribution is 5.63. The van der Waals surface area contributed by atoms with E-state index < -0.39 is 0 Å². The van der Waals surface area contributed by atoms with Gasteiger partial charge < -0.3 is 4.57 Å². The van der Waals surface area contributed by atoms with Gasteiger partial charge in [0.15, 0.2) is 0 Å². The second kappa shape index (κ2) is 6.87. The molecule has 0 aliphatic carbocycles. The van der Waals surface area contributed by atoms with Gasteiger partial charge in [-0.1, -0.05) is 12.1 Å². The fraction of sp³-hybridized carbons (Fsp3) is 0.333. The molecule has 1 aromatic carbocycles. The molecule has 0 aliphatic heterocycles. The molecule has 7 nitrogen and oxygen atoms in total. The minimum atomic E-state index is 0.649. The van der Waals surface area contributed by atoms with Gasteiger partial charge >= 0.3 is 0 Å². The standard InChI is InChI=1S/C18H21N7/c1-13-20-21-17(25(13)4)12-23(2)10-16-11-24(3)22-18(16)15-7-5-14(9-19)6-8-15/h5-8,11H,10,12H2,1-4H3. The van der Waals surface area contributed by atoms with Crippen molar-refractivity contribution >= 4 is 0 Å². The third-order valence-corrected chi connectivity index (χ3v) is 4.23. The van der Waals surface area contributed by atoms with E-state index in [-0.39, 0.29) is 0 Å². The van der Waals surface area contributed by atoms with Gasteiger partial charge in [-0.25, -0.2) is 0 Å². The summed E-state index contributed by atoms with van der Waals surface area (Å²) in [6.45, 7) is 3.40. The molecule has 0 amide bonds. The van der Waals surface area contributed by atoms with Crippen molar-refractivity contribution in [1.29, 1.82) is 5.26 Å². The van der Waals surface area contributed by atoms with Crippen LogP contribution in [-0.2, 0) is 27.2 Å². The van der Waals surface area contributed by atoms with Crippen LogP contribution in [0.2, 0.25) is 0 Å². The van der Waals surface area contributed by atoms with Crippen LogP contribution in [0.1, 0.15) is 22.8 Å². The Morgan fingerprint density at radius 2 is 1.84 bits per heavy atom. The summed E-state index contributed by atoms with van der Waals surface area (Å²) < 4.78 is 3.82. The first-order valence-electron chi connectivity index (χ1n) is 8.04. The van der Waals surface area contributed by atoms with Crippen LogP contribution in [0.5, 0.6) is 0 Å². The van der Waals surface area contributed by atoms with E-state index in [1.807, 2.05) is 60.7 Å². The van der Waals surface area contributed by atoms with Gasteiger partial charge in [-0.3, -0.25) is 9.58 Å². The van der Waals surface area contributed by atoms with Crippen molar-refractivity contribution in [2.45, 2.75) is 20.0 Å². The van der Waals surface area contributed by atoms with Crippen LogP contribution in [0, 0.1) is 18.3 Å². The van der Waals surface area contributed by atoms with E-state index >= 15 is 0 Å². The van der Waals surface area contributed by atoms with Gasteiger partial charge in [-0.2, -0.15) is 10.4 Å². The Kier molecular flexibility index (Phi) is 4.63. The number of nitrogens with zero attached hydrogens (tertiary/aromatic N) is 7. The molecule has 2 heterocycles. The first-order valence-corrected chi connectivity index (χ1v) is 8.04. The molecule has 3 aromatic rings. The molecule has 3 rings (SSSR count). The Balaban J connectivity index is 1.80. The summed E-state index contributed by atoms with van der Waals surface area (Å²) >= 11 is 0. The topological polar surface area (TPSA) is 75.6 Å². The first kappa shape index (κ1) is 16.9. The third kappa shape index (κ3) is 3.59. The number of aromatic nitrogens is 5. The maximum atomic E-state index is 8.95. The minimum absolute atomic E-state index is 0.649. The molecule has 0 N–H and O–H groups in total. The van der Waals surface area contributed by atoms with Crippen LogP contribution in [0.3, 0.4) is 0 Å². The summed E-state index contributed by atoms with van der Waals surface area (Å²) in [7, 11) is 5.95. The molecule has 0 atom stereocenters. The van der Waals surface area contributed by atoms with Gasteiger partial charge in [0.05, 0.1) is 23.9 Å². The molecule has 25 heavy (non-hydrogen) atoms. The molecule has 0 saturated heterocycles. The molecule has 0 unspecified atom stereocenters. The van der Waals surface area contributed by atoms with Gasteiger partial charge in [0.25, 0.3) is 0 Å². The Bertz CT molecular complexity index is 912. The van der Waals surface area contributed by atoms with E-state index in [9.17, 15) is 0 Å². The summed E-state index contributed by atoms with van der Waals surface area (Å²) in [5.74, 6) is 1.84. The van der Waals surface area contributed by atoms with Gasteiger partial charge in [0.2, 0.25) is 0 Å². The van der Waals surface area contributed by atoms with Crippen molar-refractivity contribution in [3.8, 4) is 17.3 Å². The lowest BCUT2D eigenvalue weighted by Gasteiger charge is -2.16. The number of nitriles is 1. The van der Waals surface area contributed by atoms with E-state index in [2.05, 4.69) is 33.3 Å². The van der Waals surface area contributed by atoms with Gasteiger partial charge in [0, 0.05) is 38.0 Å². The maximum Gasteiger partial charge on any atom is 0.146 e. The fourth-order valence-electron chi connectivity index (χ4n) is 2.78. The van der Waals surface area contributed by atoms with Crippen LogP contribution in [0.15, 0.2) is 30.5 Å². The van der Waals surface area contributed by atoms with Gasteiger partial charge in [-0.05, 0) is 26.1 Å². The maximum absolute atomic E-state index is 8.95. The molecular weight excluding hydrogens is 314 g/mol. The average Bonchev–Trinajstić information content (AvgIpc) is 3.11. The monoisotopic (exact) mass is 335 g/mol. The van der Waals surface area contributed by atoms with Crippen LogP contribution in [0.4, 0.5) is 0 Å². The zero-order chi connectivity index (χ0) is 18.0. The van der Waals surface area contributed by atoms with Crippen LogP contribution >= 0.6 is 0 Å². The van der Waals surface area contributed by atoms with Gasteiger partial charge in [0.1, 0.15) is 11.6 Å². The Labute approximate surface area is 147 Å². The summed E-state index contributed by atoms with van der Waals surface area (Å²) in [5, 5.41) is 21.9. The van der Waals surface area contributed by atoms with Crippen molar-refractivity contribution in [3.63, 3.8) is 0 Å². The SMILES string of the molecule is Cc1nnc(CN(C)Cc2cn(C)nc2-c2ccc(C#N)cc2)n1C. The number of aryl methyl sites for hydroxylation is 2. The van der Waals surface area contributed by atoms with Crippen LogP contribution < -0.4 is 0 Å². The molecule has 0 spiro atoms. The quantitative estimate of drug-likeness (QED) is 0.713. The van der Waals surface area contributed by atoms with E-state index in [1.165, 1.54) is 0 Å². The molecule has 0 radical (unpaired) electrons. The van der Waals surface area contributed by atoms with Crippen molar-refractivity contribution in [2.75, 3.05) is 7.05 Å². The van der Waals surface area contributed by atoms with E-state index in [1.54, 1.807) is 0 Å². The second-order valence-corrected chi connectivity index (χ2v) is 6.26. The van der Waals surface area contributed by atoms with Crippen LogP contribution in [-0.4, -0.2) is 36.5 Å². The number of hydrogen-bond donors (Lipinski definition) is 0. The predicted octanol–water partition coefficient (Wildman–Crippen LogP) is 2.03. The molecule has 0 aliphatic rings. The van der Waals surface area contributed by atoms with E-state index in [0.29, 0.717) is 12.1 Å². The second-order valence-electron chi connectivity index (χ2n) is 6.26. The van der Waals surface area contributed by atoms with Crippen molar-refractivity contribution in [2.24, 2.45) is 14.1 Å². The van der Waals surface area contributed by atoms with E-state index in [4.69, 9.17) is 5.26 Å². The Morgan fingerprint density at radius 3 is 2.44 bits per heavy atom. The highest BCUT2D eigenvalue weighted by Crippen LogP contribution is 2.23. The Hall–Kier alpha value is -2.98. The van der Waals surface area contributed by atoms with Crippen LogP contribution in [0.25, 0.3) is 11.3 Å². The minimum Gasteiger partial charge on any atom is -0.317 e. The predicted molar refractivity (Wildman–Crippen MR) is 94.3 cm³/mol. The lowest BCUT2D eigenvalue weighted by atomic mass is 10.1. The highest BCUT2D eigenvalue weighted by atomic mass is 15.3. The van der Waals surface area contributed by atoms with E-state index in [0.717, 1.165) is 35.0 Å². The number of hydrogen-bond acceptors (Lipinski definition) is 5. The molecular formula is C18H21N7. The summed E-state index contributed by atoms with van der Waals surface area (Å²) in [6.07, 6.45) is 2.03. The summed E-state index contributed by atoms with van der Waals surface area (Å²) in [5.41, 5.74) is 3.73. The summed E-state index contributed by atoms with van der Waals surface area (Å²) in [4.78, 5) is 2.19. The molecule has 0 fully saturated rings.